The summed E-state index contributed by atoms with van der Waals surface area (Å²) in [5.41, 5.74) is 0. The highest BCUT2D eigenvalue weighted by Gasteiger charge is 2.40. The van der Waals surface area contributed by atoms with Crippen LogP contribution in [0.4, 0.5) is 13.2 Å². The van der Waals surface area contributed by atoms with Crippen molar-refractivity contribution in [2.24, 2.45) is 0 Å². The van der Waals surface area contributed by atoms with E-state index in [0.29, 0.717) is 4.83 Å². The van der Waals surface area contributed by atoms with Crippen LogP contribution in [0.3, 0.4) is 0 Å². The minimum absolute atomic E-state index is 0.685. The Morgan fingerprint density at radius 1 is 1.08 bits per heavy atom. The third kappa shape index (κ3) is 3.85. The molecular formula is CH3F3N2O4S2. The van der Waals surface area contributed by atoms with E-state index in [1.807, 2.05) is 0 Å². The molecule has 0 aromatic rings. The minimum Gasteiger partial charge on any atom is -0.214 e. The monoisotopic (exact) mass is 228 g/mol. The normalized spacial score (nSPS) is 13.2. The average molecular weight is 228 g/mol. The zero-order valence-corrected chi connectivity index (χ0v) is 6.90. The summed E-state index contributed by atoms with van der Waals surface area (Å²) in [6.07, 6.45) is -5.29. The Labute approximate surface area is 68.1 Å². The van der Waals surface area contributed by atoms with Gasteiger partial charge in [0.25, 0.3) is 0 Å². The van der Waals surface area contributed by atoms with E-state index < -0.39 is 32.5 Å². The maximum absolute atomic E-state index is 11.5. The molecule has 0 amide bonds. The smallest absolute Gasteiger partial charge is 0.214 e. The molecule has 0 aliphatic rings. The number of nitrogens with zero attached hydrogens (tertiary/aromatic N) is 1. The molecule has 0 rings (SSSR count). The highest BCUT2D eigenvalue weighted by Crippen LogP contribution is 2.18. The van der Waals surface area contributed by atoms with Crippen LogP contribution in [0.1, 0.15) is 0 Å². The molecule has 0 radical (unpaired) electrons. The number of hydrazine groups is 1. The Morgan fingerprint density at radius 3 is 1.58 bits per heavy atom. The van der Waals surface area contributed by atoms with Gasteiger partial charge in [0.05, 0.1) is 0 Å². The first-order valence-corrected chi connectivity index (χ1v) is 4.48. The number of hydrogen-bond donors (Lipinski definition) is 3. The molecule has 0 atom stereocenters. The molecule has 0 aliphatic carbocycles. The fourth-order valence-corrected chi connectivity index (χ4v) is 1.23. The first-order chi connectivity index (χ1) is 5.25. The summed E-state index contributed by atoms with van der Waals surface area (Å²) in [5.74, 6) is 0. The van der Waals surface area contributed by atoms with Gasteiger partial charge in [0.2, 0.25) is 21.8 Å². The highest BCUT2D eigenvalue weighted by atomic mass is 32.2. The molecule has 0 bridgehead atoms. The van der Waals surface area contributed by atoms with Crippen molar-refractivity contribution < 1.29 is 30.0 Å². The minimum atomic E-state index is -5.29. The Balaban J connectivity index is 4.68. The van der Waals surface area contributed by atoms with Gasteiger partial charge in [-0.15, -0.1) is 4.83 Å². The summed E-state index contributed by atoms with van der Waals surface area (Å²) < 4.78 is 72.2. The predicted molar refractivity (Wildman–Crippen MR) is 31.7 cm³/mol. The van der Waals surface area contributed by atoms with Crippen LogP contribution in [-0.2, 0) is 21.8 Å². The van der Waals surface area contributed by atoms with E-state index in [2.05, 4.69) is 0 Å². The van der Waals surface area contributed by atoms with Crippen LogP contribution in [0, 0.1) is 0 Å². The topological polar surface area (TPSA) is 83.6 Å². The lowest BCUT2D eigenvalue weighted by molar-refractivity contribution is -0.216. The summed E-state index contributed by atoms with van der Waals surface area (Å²) in [4.78, 5) is 0.685. The van der Waals surface area contributed by atoms with Crippen molar-refractivity contribution in [1.29, 1.82) is 0 Å². The quantitative estimate of drug-likeness (QED) is 0.307. The van der Waals surface area contributed by atoms with Gasteiger partial charge in [-0.2, -0.15) is 13.2 Å². The van der Waals surface area contributed by atoms with Gasteiger partial charge in [-0.05, 0) is 4.41 Å². The molecule has 0 heterocycles. The summed E-state index contributed by atoms with van der Waals surface area (Å²) in [6.45, 7) is 0. The van der Waals surface area contributed by atoms with Crippen LogP contribution in [0.25, 0.3) is 0 Å². The molecule has 12 heavy (non-hydrogen) atoms. The molecule has 0 fully saturated rings. The van der Waals surface area contributed by atoms with Gasteiger partial charge in [0.1, 0.15) is 0 Å². The van der Waals surface area contributed by atoms with Crippen LogP contribution in [0.5, 0.6) is 0 Å². The lowest BCUT2D eigenvalue weighted by Crippen LogP contribution is -2.45. The van der Waals surface area contributed by atoms with Gasteiger partial charge < -0.3 is 0 Å². The van der Waals surface area contributed by atoms with Crippen LogP contribution >= 0.6 is 0 Å². The van der Waals surface area contributed by atoms with Crippen molar-refractivity contribution in [3.8, 4) is 0 Å². The summed E-state index contributed by atoms with van der Waals surface area (Å²) in [7, 11) is -7.74. The lowest BCUT2D eigenvalue weighted by Gasteiger charge is -2.14. The van der Waals surface area contributed by atoms with Crippen molar-refractivity contribution in [2.75, 3.05) is 0 Å². The Morgan fingerprint density at radius 2 is 1.50 bits per heavy atom. The summed E-state index contributed by atoms with van der Waals surface area (Å²) in [5, 5.41) is 0. The highest BCUT2D eigenvalue weighted by molar-refractivity contribution is 7.73. The molecule has 0 aromatic heterocycles. The largest absolute Gasteiger partial charge is 0.487 e. The van der Waals surface area contributed by atoms with Crippen LogP contribution in [-0.4, -0.2) is 27.6 Å². The Bertz CT molecular complexity index is 275. The Kier molecular flexibility index (Phi) is 3.89. The molecule has 0 saturated heterocycles. The first kappa shape index (κ1) is 11.6. The molecule has 0 aromatic carbocycles. The number of thiol groups is 2. The van der Waals surface area contributed by atoms with Crippen LogP contribution in [0.2, 0.25) is 0 Å². The number of alkyl halides is 3. The summed E-state index contributed by atoms with van der Waals surface area (Å²) >= 11 is 0. The van der Waals surface area contributed by atoms with E-state index in [1.54, 1.807) is 0 Å². The van der Waals surface area contributed by atoms with Crippen molar-refractivity contribution in [2.45, 2.75) is 6.30 Å². The summed E-state index contributed by atoms with van der Waals surface area (Å²) in [6, 6.07) is 0. The molecule has 6 nitrogen and oxygen atoms in total. The van der Waals surface area contributed by atoms with E-state index in [1.165, 1.54) is 0 Å². The third-order valence-corrected chi connectivity index (χ3v) is 1.75. The zero-order chi connectivity index (χ0) is 9.94. The predicted octanol–water partition coefficient (Wildman–Crippen LogP) is -1.63. The van der Waals surface area contributed by atoms with Gasteiger partial charge in [-0.1, -0.05) is 0 Å². The van der Waals surface area contributed by atoms with Crippen molar-refractivity contribution in [1.82, 2.24) is 9.25 Å². The fraction of sp³-hybridized carbons (Fsp3) is 1.00. The fourth-order valence-electron chi connectivity index (χ4n) is 0.263. The molecule has 11 heteroatoms. The standard InChI is InChI=1S/CH3F3N2O4S2/c2-1(3,4)6(12(9)10)5-11(7)8/h11-12H,(H,5,7,8). The van der Waals surface area contributed by atoms with Crippen molar-refractivity contribution in [3.05, 3.63) is 0 Å². The molecule has 74 valence electrons. The number of nitrogens with one attached hydrogen (secondary N) is 1. The van der Waals surface area contributed by atoms with Crippen LogP contribution < -0.4 is 4.83 Å². The van der Waals surface area contributed by atoms with Gasteiger partial charge in [-0.3, -0.25) is 0 Å². The second-order valence-corrected chi connectivity index (χ2v) is 2.96. The molecular weight excluding hydrogens is 225 g/mol. The van der Waals surface area contributed by atoms with Crippen LogP contribution in [0.15, 0.2) is 0 Å². The van der Waals surface area contributed by atoms with Crippen molar-refractivity contribution in [3.63, 3.8) is 0 Å². The van der Waals surface area contributed by atoms with Crippen molar-refractivity contribution >= 4 is 21.8 Å². The van der Waals surface area contributed by atoms with Gasteiger partial charge >= 0.3 is 6.30 Å². The van der Waals surface area contributed by atoms with Gasteiger partial charge in [0, 0.05) is 0 Å². The lowest BCUT2D eigenvalue weighted by atomic mass is 11.2. The van der Waals surface area contributed by atoms with Gasteiger partial charge in [-0.25, -0.2) is 16.8 Å². The average Bonchev–Trinajstić information content (AvgIpc) is 1.79. The molecule has 0 spiro atoms. The van der Waals surface area contributed by atoms with E-state index >= 15 is 0 Å². The SMILES string of the molecule is O=[SH](=O)NN([SH](=O)=O)C(F)(F)F. The first-order valence-electron chi connectivity index (χ1n) is 2.17. The maximum Gasteiger partial charge on any atom is 0.487 e. The zero-order valence-electron chi connectivity index (χ0n) is 5.11. The second kappa shape index (κ2) is 4.02. The molecule has 0 unspecified atom stereocenters. The second-order valence-electron chi connectivity index (χ2n) is 1.37. The van der Waals surface area contributed by atoms with E-state index in [0.717, 1.165) is 0 Å². The molecule has 1 N–H and O–H groups in total. The number of rotatable bonds is 3. The van der Waals surface area contributed by atoms with E-state index in [4.69, 9.17) is 0 Å². The van der Waals surface area contributed by atoms with Gasteiger partial charge in [0.15, 0.2) is 0 Å². The molecule has 0 aliphatic heterocycles. The number of halogens is 3. The Hall–Kier alpha value is -0.390. The number of hydrogen-bond acceptors (Lipinski definition) is 4. The third-order valence-electron chi connectivity index (χ3n) is 0.580. The van der Waals surface area contributed by atoms with E-state index in [-0.39, 0.29) is 0 Å². The van der Waals surface area contributed by atoms with E-state index in [9.17, 15) is 30.0 Å². The maximum atomic E-state index is 11.5. The molecule has 0 saturated carbocycles.